The van der Waals surface area contributed by atoms with Gasteiger partial charge in [0.2, 0.25) is 0 Å². The second-order valence-electron chi connectivity index (χ2n) is 4.54. The Kier molecular flexibility index (Phi) is 6.72. The number of ether oxygens (including phenoxy) is 2. The molecule has 1 aliphatic heterocycles. The maximum absolute atomic E-state index is 11.8. The van der Waals surface area contributed by atoms with Gasteiger partial charge in [0.25, 0.3) is 0 Å². The summed E-state index contributed by atoms with van der Waals surface area (Å²) < 4.78 is 10.1. The van der Waals surface area contributed by atoms with Gasteiger partial charge in [-0.3, -0.25) is 9.59 Å². The first-order valence-corrected chi connectivity index (χ1v) is 6.73. The van der Waals surface area contributed by atoms with Crippen LogP contribution in [0.4, 0.5) is 0 Å². The highest BCUT2D eigenvalue weighted by Crippen LogP contribution is 2.14. The van der Waals surface area contributed by atoms with Crippen molar-refractivity contribution in [2.75, 3.05) is 26.3 Å². The van der Waals surface area contributed by atoms with Crippen LogP contribution in [0.3, 0.4) is 0 Å². The number of nitrogens with one attached hydrogen (secondary N) is 1. The SMILES string of the molecule is CCOC(=O)C(CC)C(=O)OCC1CCNCC1. The summed E-state index contributed by atoms with van der Waals surface area (Å²) in [5, 5.41) is 3.26. The Morgan fingerprint density at radius 2 is 1.78 bits per heavy atom. The minimum absolute atomic E-state index is 0.289. The standard InChI is InChI=1S/C13H23NO4/c1-3-11(12(15)17-4-2)13(16)18-9-10-5-7-14-8-6-10/h10-11,14H,3-9H2,1-2H3. The molecule has 1 unspecified atom stereocenters. The molecule has 0 aliphatic carbocycles. The monoisotopic (exact) mass is 257 g/mol. The molecule has 18 heavy (non-hydrogen) atoms. The van der Waals surface area contributed by atoms with E-state index in [1.54, 1.807) is 13.8 Å². The third kappa shape index (κ3) is 4.64. The number of carbonyl (C=O) groups excluding carboxylic acids is 2. The van der Waals surface area contributed by atoms with Crippen LogP contribution in [-0.4, -0.2) is 38.2 Å². The van der Waals surface area contributed by atoms with E-state index in [0.29, 0.717) is 18.9 Å². The minimum atomic E-state index is -0.772. The van der Waals surface area contributed by atoms with E-state index < -0.39 is 17.9 Å². The van der Waals surface area contributed by atoms with Gasteiger partial charge in [0.1, 0.15) is 0 Å². The van der Waals surface area contributed by atoms with Crippen LogP contribution < -0.4 is 5.32 Å². The summed E-state index contributed by atoms with van der Waals surface area (Å²) in [6.45, 7) is 6.15. The van der Waals surface area contributed by atoms with Gasteiger partial charge in [0.05, 0.1) is 13.2 Å². The average Bonchev–Trinajstić information content (AvgIpc) is 2.39. The Bertz CT molecular complexity index is 274. The molecule has 1 rings (SSSR count). The quantitative estimate of drug-likeness (QED) is 0.570. The third-order valence-corrected chi connectivity index (χ3v) is 3.18. The molecular formula is C13H23NO4. The lowest BCUT2D eigenvalue weighted by atomic mass is 9.99. The van der Waals surface area contributed by atoms with Gasteiger partial charge >= 0.3 is 11.9 Å². The first-order chi connectivity index (χ1) is 8.69. The topological polar surface area (TPSA) is 64.6 Å². The van der Waals surface area contributed by atoms with Crippen molar-refractivity contribution in [1.82, 2.24) is 5.32 Å². The van der Waals surface area contributed by atoms with Crippen LogP contribution in [0.15, 0.2) is 0 Å². The summed E-state index contributed by atoms with van der Waals surface area (Å²) in [4.78, 5) is 23.3. The molecule has 1 saturated heterocycles. The molecule has 1 fully saturated rings. The minimum Gasteiger partial charge on any atom is -0.465 e. The van der Waals surface area contributed by atoms with Crippen molar-refractivity contribution in [3.63, 3.8) is 0 Å². The van der Waals surface area contributed by atoms with Gasteiger partial charge < -0.3 is 14.8 Å². The average molecular weight is 257 g/mol. The van der Waals surface area contributed by atoms with Gasteiger partial charge in [-0.2, -0.15) is 0 Å². The Hall–Kier alpha value is -1.10. The zero-order valence-electron chi connectivity index (χ0n) is 11.2. The molecule has 1 atom stereocenters. The van der Waals surface area contributed by atoms with Crippen molar-refractivity contribution in [3.8, 4) is 0 Å². The summed E-state index contributed by atoms with van der Waals surface area (Å²) in [6, 6.07) is 0. The predicted octanol–water partition coefficient (Wildman–Crippen LogP) is 1.12. The van der Waals surface area contributed by atoms with Gasteiger partial charge in [-0.1, -0.05) is 6.92 Å². The largest absolute Gasteiger partial charge is 0.465 e. The molecule has 0 radical (unpaired) electrons. The molecule has 5 nitrogen and oxygen atoms in total. The van der Waals surface area contributed by atoms with Gasteiger partial charge in [0.15, 0.2) is 5.92 Å². The number of rotatable bonds is 6. The maximum Gasteiger partial charge on any atom is 0.320 e. The van der Waals surface area contributed by atoms with Crippen LogP contribution in [0.25, 0.3) is 0 Å². The van der Waals surface area contributed by atoms with E-state index in [4.69, 9.17) is 9.47 Å². The molecule has 1 N–H and O–H groups in total. The van der Waals surface area contributed by atoms with Crippen molar-refractivity contribution in [2.24, 2.45) is 11.8 Å². The van der Waals surface area contributed by atoms with Crippen LogP contribution in [0.2, 0.25) is 0 Å². The molecule has 5 heteroatoms. The molecular weight excluding hydrogens is 234 g/mol. The summed E-state index contributed by atoms with van der Waals surface area (Å²) in [5.74, 6) is -1.29. The van der Waals surface area contributed by atoms with Gasteiger partial charge in [0, 0.05) is 0 Å². The molecule has 0 aromatic heterocycles. The fraction of sp³-hybridized carbons (Fsp3) is 0.846. The smallest absolute Gasteiger partial charge is 0.320 e. The molecule has 0 aromatic rings. The molecule has 104 valence electrons. The fourth-order valence-corrected chi connectivity index (χ4v) is 2.02. The maximum atomic E-state index is 11.8. The van der Waals surface area contributed by atoms with Crippen LogP contribution in [0.1, 0.15) is 33.1 Å². The van der Waals surface area contributed by atoms with Crippen LogP contribution in [0.5, 0.6) is 0 Å². The Morgan fingerprint density at radius 1 is 1.17 bits per heavy atom. The number of hydrogen-bond donors (Lipinski definition) is 1. The summed E-state index contributed by atoms with van der Waals surface area (Å²) >= 11 is 0. The molecule has 1 heterocycles. The lowest BCUT2D eigenvalue weighted by molar-refractivity contribution is -0.162. The highest BCUT2D eigenvalue weighted by atomic mass is 16.6. The zero-order valence-corrected chi connectivity index (χ0v) is 11.2. The van der Waals surface area contributed by atoms with E-state index in [1.165, 1.54) is 0 Å². The first kappa shape index (κ1) is 15.0. The molecule has 0 amide bonds. The summed E-state index contributed by atoms with van der Waals surface area (Å²) in [5.41, 5.74) is 0. The van der Waals surface area contributed by atoms with E-state index in [9.17, 15) is 9.59 Å². The Morgan fingerprint density at radius 3 is 2.33 bits per heavy atom. The summed E-state index contributed by atoms with van der Waals surface area (Å²) in [7, 11) is 0. The van der Waals surface area contributed by atoms with E-state index in [1.807, 2.05) is 0 Å². The number of hydrogen-bond acceptors (Lipinski definition) is 5. The van der Waals surface area contributed by atoms with Crippen LogP contribution >= 0.6 is 0 Å². The van der Waals surface area contributed by atoms with Crippen LogP contribution in [0, 0.1) is 11.8 Å². The lowest BCUT2D eigenvalue weighted by Gasteiger charge is -2.23. The van der Waals surface area contributed by atoms with Gasteiger partial charge in [-0.15, -0.1) is 0 Å². The van der Waals surface area contributed by atoms with Crippen LogP contribution in [-0.2, 0) is 19.1 Å². The summed E-state index contributed by atoms with van der Waals surface area (Å²) in [6.07, 6.45) is 2.46. The first-order valence-electron chi connectivity index (χ1n) is 6.73. The number of piperidine rings is 1. The van der Waals surface area contributed by atoms with Gasteiger partial charge in [-0.25, -0.2) is 0 Å². The van der Waals surface area contributed by atoms with E-state index in [2.05, 4.69) is 5.32 Å². The number of esters is 2. The molecule has 0 saturated carbocycles. The second kappa shape index (κ2) is 8.08. The second-order valence-corrected chi connectivity index (χ2v) is 4.54. The molecule has 1 aliphatic rings. The molecule has 0 aromatic carbocycles. The van der Waals surface area contributed by atoms with E-state index in [-0.39, 0.29) is 6.61 Å². The number of carbonyl (C=O) groups is 2. The van der Waals surface area contributed by atoms with Gasteiger partial charge in [-0.05, 0) is 45.2 Å². The molecule has 0 bridgehead atoms. The highest BCUT2D eigenvalue weighted by molar-refractivity contribution is 5.94. The Balaban J connectivity index is 2.34. The zero-order chi connectivity index (χ0) is 13.4. The van der Waals surface area contributed by atoms with E-state index in [0.717, 1.165) is 25.9 Å². The third-order valence-electron chi connectivity index (χ3n) is 3.18. The normalized spacial score (nSPS) is 18.1. The van der Waals surface area contributed by atoms with Crippen molar-refractivity contribution in [1.29, 1.82) is 0 Å². The lowest BCUT2D eigenvalue weighted by Crippen LogP contribution is -2.33. The van der Waals surface area contributed by atoms with Crippen molar-refractivity contribution < 1.29 is 19.1 Å². The molecule has 0 spiro atoms. The predicted molar refractivity (Wildman–Crippen MR) is 67.0 cm³/mol. The van der Waals surface area contributed by atoms with E-state index >= 15 is 0 Å². The van der Waals surface area contributed by atoms with Crippen molar-refractivity contribution in [3.05, 3.63) is 0 Å². The van der Waals surface area contributed by atoms with Crippen molar-refractivity contribution in [2.45, 2.75) is 33.1 Å². The Labute approximate surface area is 108 Å². The highest BCUT2D eigenvalue weighted by Gasteiger charge is 2.28. The van der Waals surface area contributed by atoms with Crippen molar-refractivity contribution >= 4 is 11.9 Å². The fourth-order valence-electron chi connectivity index (χ4n) is 2.02.